The Balaban J connectivity index is 1.95. The van der Waals surface area contributed by atoms with Crippen LogP contribution in [0.25, 0.3) is 11.2 Å². The molecule has 0 fully saturated rings. The van der Waals surface area contributed by atoms with Crippen molar-refractivity contribution in [3.05, 3.63) is 55.1 Å². The Hall–Kier alpha value is -2.68. The molecule has 0 unspecified atom stereocenters. The highest BCUT2D eigenvalue weighted by Crippen LogP contribution is 2.13. The number of benzene rings is 1. The molecule has 0 bridgehead atoms. The first-order valence-corrected chi connectivity index (χ1v) is 7.47. The molecule has 0 spiro atoms. The van der Waals surface area contributed by atoms with Crippen LogP contribution in [-0.2, 0) is 14.1 Å². The van der Waals surface area contributed by atoms with E-state index in [0.717, 1.165) is 10.0 Å². The molecule has 0 amide bonds. The van der Waals surface area contributed by atoms with Gasteiger partial charge in [0.15, 0.2) is 11.2 Å². The Labute approximate surface area is 138 Å². The summed E-state index contributed by atoms with van der Waals surface area (Å²) in [5.41, 5.74) is 3.29. The van der Waals surface area contributed by atoms with E-state index in [-0.39, 0.29) is 0 Å². The summed E-state index contributed by atoms with van der Waals surface area (Å²) in [5, 5.41) is 4.11. The third-order valence-corrected chi connectivity index (χ3v) is 3.91. The highest BCUT2D eigenvalue weighted by Gasteiger charge is 2.14. The summed E-state index contributed by atoms with van der Waals surface area (Å²) in [6.45, 7) is 0. The quantitative estimate of drug-likeness (QED) is 0.529. The number of rotatable bonds is 3. The summed E-state index contributed by atoms with van der Waals surface area (Å²) >= 11 is 3.36. The molecule has 0 aliphatic rings. The fraction of sp³-hybridized carbons (Fsp3) is 0.143. The number of aryl methyl sites for hydroxylation is 2. The standard InChI is InChI=1S/C14H13BrN6O2/c1-20-10-11(21(2)14(23)18-12(10)22)17-13(20)19-16-7-8-3-5-9(15)6-4-8/h3-7H,1-2H3,(H,17,19)(H,18,22,23). The van der Waals surface area contributed by atoms with Gasteiger partial charge in [0.1, 0.15) is 0 Å². The second-order valence-electron chi connectivity index (χ2n) is 4.91. The summed E-state index contributed by atoms with van der Waals surface area (Å²) in [5.74, 6) is 0.361. The molecule has 0 saturated heterocycles. The number of hydrogen-bond donors (Lipinski definition) is 2. The van der Waals surface area contributed by atoms with Crippen molar-refractivity contribution in [2.45, 2.75) is 0 Å². The van der Waals surface area contributed by atoms with E-state index in [1.165, 1.54) is 4.57 Å². The molecule has 0 radical (unpaired) electrons. The molecule has 8 nitrogen and oxygen atoms in total. The van der Waals surface area contributed by atoms with E-state index in [1.807, 2.05) is 24.3 Å². The van der Waals surface area contributed by atoms with E-state index >= 15 is 0 Å². The molecule has 3 aromatic rings. The fourth-order valence-corrected chi connectivity index (χ4v) is 2.39. The van der Waals surface area contributed by atoms with Gasteiger partial charge in [0.2, 0.25) is 5.95 Å². The van der Waals surface area contributed by atoms with Crippen molar-refractivity contribution >= 4 is 39.3 Å². The molecule has 0 aliphatic heterocycles. The number of aromatic amines is 1. The molecule has 9 heteroatoms. The van der Waals surface area contributed by atoms with Gasteiger partial charge in [-0.2, -0.15) is 10.1 Å². The Kier molecular flexibility index (Phi) is 3.87. The van der Waals surface area contributed by atoms with Crippen LogP contribution in [0, 0.1) is 0 Å². The van der Waals surface area contributed by atoms with Crippen LogP contribution in [0.3, 0.4) is 0 Å². The van der Waals surface area contributed by atoms with Gasteiger partial charge in [0.25, 0.3) is 5.56 Å². The number of aromatic nitrogens is 4. The summed E-state index contributed by atoms with van der Waals surface area (Å²) in [6, 6.07) is 7.62. The predicted molar refractivity (Wildman–Crippen MR) is 91.9 cm³/mol. The number of hydrazone groups is 1. The normalized spacial score (nSPS) is 11.4. The van der Waals surface area contributed by atoms with Gasteiger partial charge < -0.3 is 4.57 Å². The number of H-pyrrole nitrogens is 1. The zero-order chi connectivity index (χ0) is 16.6. The number of nitrogens with one attached hydrogen (secondary N) is 2. The molecule has 2 aromatic heterocycles. The molecule has 0 atom stereocenters. The lowest BCUT2D eigenvalue weighted by atomic mass is 10.2. The number of fused-ring (bicyclic) bond motifs is 1. The summed E-state index contributed by atoms with van der Waals surface area (Å²) < 4.78 is 3.81. The molecule has 0 aliphatic carbocycles. The van der Waals surface area contributed by atoms with E-state index in [4.69, 9.17) is 0 Å². The van der Waals surface area contributed by atoms with Gasteiger partial charge in [-0.1, -0.05) is 28.1 Å². The van der Waals surface area contributed by atoms with Crippen LogP contribution in [0.2, 0.25) is 0 Å². The van der Waals surface area contributed by atoms with Crippen LogP contribution in [0.5, 0.6) is 0 Å². The molecule has 23 heavy (non-hydrogen) atoms. The Morgan fingerprint density at radius 2 is 1.91 bits per heavy atom. The average molecular weight is 377 g/mol. The molecule has 2 N–H and O–H groups in total. The fourth-order valence-electron chi connectivity index (χ4n) is 2.12. The van der Waals surface area contributed by atoms with Crippen LogP contribution in [0.15, 0.2) is 43.4 Å². The molecule has 3 rings (SSSR count). The van der Waals surface area contributed by atoms with E-state index in [9.17, 15) is 9.59 Å². The second kappa shape index (κ2) is 5.84. The minimum atomic E-state index is -0.509. The van der Waals surface area contributed by atoms with Crippen molar-refractivity contribution < 1.29 is 0 Å². The van der Waals surface area contributed by atoms with Gasteiger partial charge in [-0.3, -0.25) is 14.3 Å². The van der Waals surface area contributed by atoms with Crippen molar-refractivity contribution in [3.63, 3.8) is 0 Å². The van der Waals surface area contributed by atoms with Gasteiger partial charge in [0, 0.05) is 18.6 Å². The highest BCUT2D eigenvalue weighted by atomic mass is 79.9. The number of imidazole rings is 1. The van der Waals surface area contributed by atoms with Crippen LogP contribution in [0.4, 0.5) is 5.95 Å². The average Bonchev–Trinajstić information content (AvgIpc) is 2.85. The van der Waals surface area contributed by atoms with Crippen molar-refractivity contribution in [1.29, 1.82) is 0 Å². The maximum atomic E-state index is 11.9. The van der Waals surface area contributed by atoms with Crippen LogP contribution < -0.4 is 16.7 Å². The lowest BCUT2D eigenvalue weighted by Crippen LogP contribution is -2.29. The lowest BCUT2D eigenvalue weighted by molar-refractivity contribution is 0.829. The predicted octanol–water partition coefficient (Wildman–Crippen LogP) is 1.17. The van der Waals surface area contributed by atoms with Crippen molar-refractivity contribution in [3.8, 4) is 0 Å². The molecule has 1 aromatic carbocycles. The molecular weight excluding hydrogens is 364 g/mol. The molecule has 118 valence electrons. The zero-order valence-corrected chi connectivity index (χ0v) is 14.0. The second-order valence-corrected chi connectivity index (χ2v) is 5.82. The summed E-state index contributed by atoms with van der Waals surface area (Å²) in [6.07, 6.45) is 1.63. The van der Waals surface area contributed by atoms with E-state index < -0.39 is 11.2 Å². The minimum Gasteiger partial charge on any atom is -0.306 e. The van der Waals surface area contributed by atoms with Gasteiger partial charge in [-0.15, -0.1) is 0 Å². The van der Waals surface area contributed by atoms with Gasteiger partial charge in [0.05, 0.1) is 6.21 Å². The summed E-state index contributed by atoms with van der Waals surface area (Å²) in [4.78, 5) is 30.0. The van der Waals surface area contributed by atoms with Gasteiger partial charge >= 0.3 is 5.69 Å². The SMILES string of the molecule is Cn1c(NN=Cc2ccc(Br)cc2)nc2c1c(=O)[nH]c(=O)n2C. The number of halogens is 1. The van der Waals surface area contributed by atoms with Crippen LogP contribution in [0.1, 0.15) is 5.56 Å². The smallest absolute Gasteiger partial charge is 0.306 e. The molecular formula is C14H13BrN6O2. The maximum Gasteiger partial charge on any atom is 0.329 e. The largest absolute Gasteiger partial charge is 0.329 e. The van der Waals surface area contributed by atoms with Gasteiger partial charge in [-0.25, -0.2) is 10.2 Å². The number of nitrogens with zero attached hydrogens (tertiary/aromatic N) is 4. The molecule has 2 heterocycles. The topological polar surface area (TPSA) is 97.1 Å². The Bertz CT molecular complexity index is 1010. The third-order valence-electron chi connectivity index (χ3n) is 3.38. The number of anilines is 1. The van der Waals surface area contributed by atoms with E-state index in [0.29, 0.717) is 17.1 Å². The van der Waals surface area contributed by atoms with Crippen molar-refractivity contribution in [2.75, 3.05) is 5.43 Å². The van der Waals surface area contributed by atoms with E-state index in [1.54, 1.807) is 24.9 Å². The third kappa shape index (κ3) is 2.82. The highest BCUT2D eigenvalue weighted by molar-refractivity contribution is 9.10. The molecule has 0 saturated carbocycles. The zero-order valence-electron chi connectivity index (χ0n) is 12.4. The monoisotopic (exact) mass is 376 g/mol. The first-order chi connectivity index (χ1) is 11.0. The van der Waals surface area contributed by atoms with Crippen LogP contribution >= 0.6 is 15.9 Å². The maximum absolute atomic E-state index is 11.9. The Morgan fingerprint density at radius 1 is 1.22 bits per heavy atom. The summed E-state index contributed by atoms with van der Waals surface area (Å²) in [7, 11) is 3.22. The van der Waals surface area contributed by atoms with Crippen molar-refractivity contribution in [1.82, 2.24) is 19.1 Å². The van der Waals surface area contributed by atoms with Crippen LogP contribution in [-0.4, -0.2) is 25.3 Å². The first kappa shape index (κ1) is 15.2. The first-order valence-electron chi connectivity index (χ1n) is 6.68. The lowest BCUT2D eigenvalue weighted by Gasteiger charge is -2.00. The minimum absolute atomic E-state index is 0.294. The van der Waals surface area contributed by atoms with Crippen molar-refractivity contribution in [2.24, 2.45) is 19.2 Å². The Morgan fingerprint density at radius 3 is 2.61 bits per heavy atom. The van der Waals surface area contributed by atoms with E-state index in [2.05, 4.69) is 36.4 Å². The number of hydrogen-bond acceptors (Lipinski definition) is 5. The van der Waals surface area contributed by atoms with Gasteiger partial charge in [-0.05, 0) is 17.7 Å².